The second-order valence-corrected chi connectivity index (χ2v) is 6.08. The molecule has 5 nitrogen and oxygen atoms in total. The van der Waals surface area contributed by atoms with Crippen LogP contribution in [0.15, 0.2) is 24.3 Å². The Hall–Kier alpha value is -1.30. The van der Waals surface area contributed by atoms with Crippen molar-refractivity contribution in [2.24, 2.45) is 0 Å². The minimum Gasteiger partial charge on any atom is -0.392 e. The zero-order valence-electron chi connectivity index (χ0n) is 11.8. The first kappa shape index (κ1) is 14.6. The fraction of sp³-hybridized carbons (Fsp3) is 0.533. The van der Waals surface area contributed by atoms with E-state index >= 15 is 0 Å². The molecular formula is C15H20ClN3O2. The number of halogens is 1. The molecule has 0 saturated carbocycles. The second-order valence-electron chi connectivity index (χ2n) is 5.64. The molecule has 1 aromatic rings. The van der Waals surface area contributed by atoms with E-state index in [1.165, 1.54) is 0 Å². The monoisotopic (exact) mass is 309 g/mol. The van der Waals surface area contributed by atoms with Gasteiger partial charge in [-0.05, 0) is 24.6 Å². The lowest BCUT2D eigenvalue weighted by Gasteiger charge is -2.37. The molecule has 6 heteroatoms. The maximum atomic E-state index is 12.4. The molecule has 1 amide bonds. The number of benzene rings is 1. The van der Waals surface area contributed by atoms with Gasteiger partial charge in [-0.15, -0.1) is 0 Å². The Kier molecular flexibility index (Phi) is 4.33. The van der Waals surface area contributed by atoms with Gasteiger partial charge >= 0.3 is 0 Å². The average Bonchev–Trinajstić information content (AvgIpc) is 2.93. The van der Waals surface area contributed by atoms with Crippen molar-refractivity contribution in [2.75, 3.05) is 37.6 Å². The molecule has 2 aliphatic heterocycles. The Morgan fingerprint density at radius 1 is 1.29 bits per heavy atom. The minimum absolute atomic E-state index is 0.109. The van der Waals surface area contributed by atoms with Crippen molar-refractivity contribution >= 4 is 23.2 Å². The van der Waals surface area contributed by atoms with Crippen molar-refractivity contribution in [3.8, 4) is 0 Å². The van der Waals surface area contributed by atoms with E-state index in [0.717, 1.165) is 23.8 Å². The maximum absolute atomic E-state index is 12.4. The van der Waals surface area contributed by atoms with Crippen LogP contribution in [0.5, 0.6) is 0 Å². The third-order valence-corrected chi connectivity index (χ3v) is 4.41. The zero-order chi connectivity index (χ0) is 14.8. The Labute approximate surface area is 129 Å². The quantitative estimate of drug-likeness (QED) is 0.845. The predicted octanol–water partition coefficient (Wildman–Crippen LogP) is 0.711. The summed E-state index contributed by atoms with van der Waals surface area (Å²) in [4.78, 5) is 16.5. The van der Waals surface area contributed by atoms with Gasteiger partial charge in [-0.25, -0.2) is 0 Å². The predicted molar refractivity (Wildman–Crippen MR) is 82.7 cm³/mol. The summed E-state index contributed by atoms with van der Waals surface area (Å²) in [6, 6.07) is 7.57. The van der Waals surface area contributed by atoms with Crippen molar-refractivity contribution in [2.45, 2.75) is 18.6 Å². The van der Waals surface area contributed by atoms with Crippen LogP contribution in [0.25, 0.3) is 0 Å². The molecule has 0 unspecified atom stereocenters. The lowest BCUT2D eigenvalue weighted by Crippen LogP contribution is -2.53. The molecule has 2 saturated heterocycles. The topological polar surface area (TPSA) is 55.8 Å². The molecule has 2 aliphatic rings. The summed E-state index contributed by atoms with van der Waals surface area (Å²) in [7, 11) is 0. The summed E-state index contributed by atoms with van der Waals surface area (Å²) in [5.74, 6) is 0.109. The van der Waals surface area contributed by atoms with E-state index in [2.05, 4.69) is 10.2 Å². The number of piperazine rings is 1. The van der Waals surface area contributed by atoms with E-state index in [1.807, 2.05) is 29.2 Å². The molecule has 0 aliphatic carbocycles. The van der Waals surface area contributed by atoms with Crippen molar-refractivity contribution in [3.05, 3.63) is 29.3 Å². The number of aliphatic hydroxyl groups is 1. The van der Waals surface area contributed by atoms with Crippen LogP contribution in [0, 0.1) is 0 Å². The number of anilines is 1. The maximum Gasteiger partial charge on any atom is 0.239 e. The Morgan fingerprint density at radius 2 is 2.05 bits per heavy atom. The summed E-state index contributed by atoms with van der Waals surface area (Å²) in [5, 5.41) is 13.3. The van der Waals surface area contributed by atoms with Crippen LogP contribution < -0.4 is 10.2 Å². The summed E-state index contributed by atoms with van der Waals surface area (Å²) in [6.07, 6.45) is 0.125. The Bertz CT molecular complexity index is 517. The van der Waals surface area contributed by atoms with Crippen LogP contribution in [-0.2, 0) is 4.79 Å². The van der Waals surface area contributed by atoms with Crippen LogP contribution in [0.3, 0.4) is 0 Å². The van der Waals surface area contributed by atoms with Gasteiger partial charge in [0.15, 0.2) is 0 Å². The van der Waals surface area contributed by atoms with Crippen LogP contribution in [0.2, 0.25) is 5.02 Å². The van der Waals surface area contributed by atoms with Gasteiger partial charge in [0.2, 0.25) is 5.91 Å². The van der Waals surface area contributed by atoms with E-state index < -0.39 is 6.10 Å². The molecule has 0 aromatic heterocycles. The molecule has 2 heterocycles. The molecule has 2 atom stereocenters. The van der Waals surface area contributed by atoms with Gasteiger partial charge in [-0.1, -0.05) is 17.7 Å². The lowest BCUT2D eigenvalue weighted by atomic mass is 10.1. The van der Waals surface area contributed by atoms with Crippen LogP contribution in [0.1, 0.15) is 6.42 Å². The highest BCUT2D eigenvalue weighted by Crippen LogP contribution is 2.21. The standard InChI is InChI=1S/C15H20ClN3O2/c16-11-2-1-3-12(8-11)18-4-6-19(7-5-18)15(21)14-9-13(20)10-17-14/h1-3,8,13-14,17,20H,4-7,9-10H2/t13-,14+/m1/s1. The number of carbonyl (C=O) groups excluding carboxylic acids is 1. The molecule has 3 rings (SSSR count). The number of nitrogens with one attached hydrogen (secondary N) is 1. The molecule has 2 N–H and O–H groups in total. The first-order valence-electron chi connectivity index (χ1n) is 7.34. The summed E-state index contributed by atoms with van der Waals surface area (Å²) < 4.78 is 0. The van der Waals surface area contributed by atoms with E-state index in [4.69, 9.17) is 11.6 Å². The van der Waals surface area contributed by atoms with E-state index in [0.29, 0.717) is 26.1 Å². The molecule has 0 spiro atoms. The second kappa shape index (κ2) is 6.22. The van der Waals surface area contributed by atoms with Gasteiger partial charge in [0.1, 0.15) is 0 Å². The smallest absolute Gasteiger partial charge is 0.239 e. The molecule has 0 bridgehead atoms. The Morgan fingerprint density at radius 3 is 2.67 bits per heavy atom. The molecule has 2 fully saturated rings. The van der Waals surface area contributed by atoms with Crippen molar-refractivity contribution in [1.29, 1.82) is 0 Å². The average molecular weight is 310 g/mol. The van der Waals surface area contributed by atoms with Crippen LogP contribution in [-0.4, -0.2) is 60.8 Å². The van der Waals surface area contributed by atoms with E-state index in [9.17, 15) is 9.90 Å². The number of carbonyl (C=O) groups is 1. The zero-order valence-corrected chi connectivity index (χ0v) is 12.6. The molecule has 21 heavy (non-hydrogen) atoms. The fourth-order valence-electron chi connectivity index (χ4n) is 2.98. The fourth-order valence-corrected chi connectivity index (χ4v) is 3.17. The number of rotatable bonds is 2. The number of nitrogens with zero attached hydrogens (tertiary/aromatic N) is 2. The number of hydrogen-bond acceptors (Lipinski definition) is 4. The summed E-state index contributed by atoms with van der Waals surface area (Å²) >= 11 is 6.02. The van der Waals surface area contributed by atoms with Gasteiger partial charge in [0, 0.05) is 43.4 Å². The molecule has 1 aromatic carbocycles. The number of amides is 1. The minimum atomic E-state index is -0.397. The van der Waals surface area contributed by atoms with Crippen molar-refractivity contribution < 1.29 is 9.90 Å². The SMILES string of the molecule is O=C([C@@H]1C[C@@H](O)CN1)N1CCN(c2cccc(Cl)c2)CC1. The summed E-state index contributed by atoms with van der Waals surface area (Å²) in [5.41, 5.74) is 1.10. The Balaban J connectivity index is 1.56. The van der Waals surface area contributed by atoms with E-state index in [-0.39, 0.29) is 11.9 Å². The molecule has 114 valence electrons. The van der Waals surface area contributed by atoms with Gasteiger partial charge < -0.3 is 20.2 Å². The van der Waals surface area contributed by atoms with Crippen molar-refractivity contribution in [1.82, 2.24) is 10.2 Å². The molecule has 0 radical (unpaired) electrons. The lowest BCUT2D eigenvalue weighted by molar-refractivity contribution is -0.133. The number of β-amino-alcohol motifs (C(OH)–C–C–N with tert-alkyl or cyclic N) is 1. The number of aliphatic hydroxyl groups excluding tert-OH is 1. The van der Waals surface area contributed by atoms with E-state index in [1.54, 1.807) is 0 Å². The largest absolute Gasteiger partial charge is 0.392 e. The van der Waals surface area contributed by atoms with Gasteiger partial charge in [0.05, 0.1) is 12.1 Å². The van der Waals surface area contributed by atoms with Crippen LogP contribution in [0.4, 0.5) is 5.69 Å². The first-order valence-corrected chi connectivity index (χ1v) is 7.72. The first-order chi connectivity index (χ1) is 10.1. The van der Waals surface area contributed by atoms with Crippen molar-refractivity contribution in [3.63, 3.8) is 0 Å². The third-order valence-electron chi connectivity index (χ3n) is 4.17. The number of hydrogen-bond donors (Lipinski definition) is 2. The highest BCUT2D eigenvalue weighted by atomic mass is 35.5. The van der Waals surface area contributed by atoms with Crippen LogP contribution >= 0.6 is 11.6 Å². The van der Waals surface area contributed by atoms with Gasteiger partial charge in [0.25, 0.3) is 0 Å². The van der Waals surface area contributed by atoms with Gasteiger partial charge in [-0.2, -0.15) is 0 Å². The van der Waals surface area contributed by atoms with Gasteiger partial charge in [-0.3, -0.25) is 4.79 Å². The normalized spacial score (nSPS) is 26.2. The highest BCUT2D eigenvalue weighted by molar-refractivity contribution is 6.30. The summed E-state index contributed by atoms with van der Waals surface area (Å²) in [6.45, 7) is 3.54. The highest BCUT2D eigenvalue weighted by Gasteiger charge is 2.32. The molecular weight excluding hydrogens is 290 g/mol. The third kappa shape index (κ3) is 3.31.